The van der Waals surface area contributed by atoms with Crippen molar-refractivity contribution in [3.05, 3.63) is 65.2 Å². The number of nitrogens with one attached hydrogen (secondary N) is 1. The first kappa shape index (κ1) is 17.4. The van der Waals surface area contributed by atoms with E-state index in [-0.39, 0.29) is 24.4 Å². The first-order chi connectivity index (χ1) is 12.0. The quantitative estimate of drug-likeness (QED) is 0.897. The third-order valence-corrected chi connectivity index (χ3v) is 4.38. The number of halogens is 1. The molecule has 6 heteroatoms. The lowest BCUT2D eigenvalue weighted by molar-refractivity contribution is 0.169. The molecule has 0 unspecified atom stereocenters. The molecule has 1 aromatic heterocycles. The molecule has 0 saturated carbocycles. The van der Waals surface area contributed by atoms with E-state index in [1.165, 1.54) is 12.1 Å². The fourth-order valence-electron chi connectivity index (χ4n) is 3.21. The van der Waals surface area contributed by atoms with Crippen molar-refractivity contribution in [3.63, 3.8) is 0 Å². The first-order valence-electron chi connectivity index (χ1n) is 8.43. The minimum absolute atomic E-state index is 0.246. The molecule has 2 N–H and O–H groups in total. The topological polar surface area (TPSA) is 65.5 Å². The molecule has 1 aliphatic rings. The fraction of sp³-hybridized carbons (Fsp3) is 0.368. The molecule has 1 fully saturated rings. The van der Waals surface area contributed by atoms with Crippen LogP contribution in [0.3, 0.4) is 0 Å². The number of aromatic nitrogens is 1. The Morgan fingerprint density at radius 3 is 2.92 bits per heavy atom. The molecule has 25 heavy (non-hydrogen) atoms. The molecule has 1 saturated heterocycles. The van der Waals surface area contributed by atoms with E-state index < -0.39 is 6.10 Å². The number of rotatable bonds is 4. The van der Waals surface area contributed by atoms with Crippen molar-refractivity contribution in [2.24, 2.45) is 0 Å². The van der Waals surface area contributed by atoms with Gasteiger partial charge >= 0.3 is 6.03 Å². The largest absolute Gasteiger partial charge is 0.391 e. The van der Waals surface area contributed by atoms with Gasteiger partial charge in [-0.2, -0.15) is 0 Å². The second kappa shape index (κ2) is 7.61. The van der Waals surface area contributed by atoms with Gasteiger partial charge in [-0.3, -0.25) is 4.98 Å². The summed E-state index contributed by atoms with van der Waals surface area (Å²) in [7, 11) is 0. The van der Waals surface area contributed by atoms with Crippen LogP contribution in [0.5, 0.6) is 0 Å². The van der Waals surface area contributed by atoms with Crippen molar-refractivity contribution in [1.29, 1.82) is 0 Å². The molecule has 2 aromatic rings. The molecule has 3 rings (SSSR count). The van der Waals surface area contributed by atoms with Gasteiger partial charge in [0.15, 0.2) is 0 Å². The summed E-state index contributed by atoms with van der Waals surface area (Å²) >= 11 is 0. The van der Waals surface area contributed by atoms with Crippen molar-refractivity contribution < 1.29 is 14.3 Å². The van der Waals surface area contributed by atoms with Gasteiger partial charge in [-0.15, -0.1) is 0 Å². The van der Waals surface area contributed by atoms with Crippen molar-refractivity contribution in [1.82, 2.24) is 15.2 Å². The van der Waals surface area contributed by atoms with Crippen LogP contribution in [0.25, 0.3) is 0 Å². The van der Waals surface area contributed by atoms with Crippen molar-refractivity contribution >= 4 is 6.03 Å². The number of amides is 2. The number of nitrogens with zero attached hydrogens (tertiary/aromatic N) is 2. The lowest BCUT2D eigenvalue weighted by Gasteiger charge is -2.25. The van der Waals surface area contributed by atoms with Gasteiger partial charge in [0.2, 0.25) is 0 Å². The van der Waals surface area contributed by atoms with Crippen molar-refractivity contribution in [3.8, 4) is 0 Å². The zero-order chi connectivity index (χ0) is 17.8. The Hall–Kier alpha value is -2.47. The first-order valence-corrected chi connectivity index (χ1v) is 8.43. The average molecular weight is 343 g/mol. The summed E-state index contributed by atoms with van der Waals surface area (Å²) in [5.74, 6) is -0.343. The normalized spacial score (nSPS) is 19.9. The Kier molecular flexibility index (Phi) is 5.28. The van der Waals surface area contributed by atoms with Gasteiger partial charge in [-0.25, -0.2) is 9.18 Å². The molecule has 0 spiro atoms. The smallest absolute Gasteiger partial charge is 0.318 e. The highest BCUT2D eigenvalue weighted by molar-refractivity contribution is 5.75. The molecule has 0 aliphatic carbocycles. The number of hydrogen-bond acceptors (Lipinski definition) is 3. The van der Waals surface area contributed by atoms with E-state index in [0.29, 0.717) is 24.9 Å². The van der Waals surface area contributed by atoms with Gasteiger partial charge in [0.05, 0.1) is 12.1 Å². The predicted molar refractivity (Wildman–Crippen MR) is 92.5 cm³/mol. The van der Waals surface area contributed by atoms with Gasteiger partial charge in [0.1, 0.15) is 5.82 Å². The van der Waals surface area contributed by atoms with Crippen LogP contribution < -0.4 is 5.32 Å². The van der Waals surface area contributed by atoms with Gasteiger partial charge < -0.3 is 15.3 Å². The maximum absolute atomic E-state index is 13.5. The number of benzene rings is 1. The lowest BCUT2D eigenvalue weighted by Crippen LogP contribution is -2.41. The maximum atomic E-state index is 13.5. The Morgan fingerprint density at radius 2 is 2.16 bits per heavy atom. The van der Waals surface area contributed by atoms with Crippen LogP contribution in [-0.2, 0) is 6.42 Å². The number of likely N-dealkylation sites (tertiary alicyclic amines) is 1. The van der Waals surface area contributed by atoms with Gasteiger partial charge in [-0.1, -0.05) is 18.2 Å². The molecule has 1 aromatic carbocycles. The van der Waals surface area contributed by atoms with Crippen LogP contribution >= 0.6 is 0 Å². The second-order valence-corrected chi connectivity index (χ2v) is 6.36. The molecule has 0 radical (unpaired) electrons. The molecular weight excluding hydrogens is 321 g/mol. The van der Waals surface area contributed by atoms with Gasteiger partial charge in [0.25, 0.3) is 0 Å². The highest BCUT2D eigenvalue weighted by Crippen LogP contribution is 2.32. The molecule has 2 heterocycles. The summed E-state index contributed by atoms with van der Waals surface area (Å²) in [5.41, 5.74) is 2.56. The number of aliphatic hydroxyl groups is 1. The number of carbonyl (C=O) groups excluding carboxylic acids is 1. The third kappa shape index (κ3) is 4.33. The average Bonchev–Trinajstić information content (AvgIpc) is 2.97. The number of urea groups is 1. The summed E-state index contributed by atoms with van der Waals surface area (Å²) in [6.07, 6.45) is 0.447. The Balaban J connectivity index is 1.61. The number of aryl methyl sites for hydroxylation is 1. The summed E-state index contributed by atoms with van der Waals surface area (Å²) in [6.45, 7) is 2.63. The highest BCUT2D eigenvalue weighted by Gasteiger charge is 2.35. The van der Waals surface area contributed by atoms with E-state index in [4.69, 9.17) is 0 Å². The Labute approximate surface area is 146 Å². The number of pyridine rings is 1. The number of aliphatic hydroxyl groups excluding tert-OH is 1. The Bertz CT molecular complexity index is 753. The molecular formula is C19H22FN3O2. The molecule has 0 bridgehead atoms. The summed E-state index contributed by atoms with van der Waals surface area (Å²) in [6, 6.07) is 11.4. The molecule has 1 aliphatic heterocycles. The third-order valence-electron chi connectivity index (χ3n) is 4.38. The van der Waals surface area contributed by atoms with Crippen molar-refractivity contribution in [2.75, 3.05) is 13.1 Å². The SMILES string of the molecule is Cc1cccc(CCNC(=O)N2C[C@@H](O)C[C@@H]2c2cccc(F)c2)n1. The zero-order valence-corrected chi connectivity index (χ0v) is 14.2. The fourth-order valence-corrected chi connectivity index (χ4v) is 3.21. The standard InChI is InChI=1S/C19H22FN3O2/c1-13-4-2-7-16(22-13)8-9-21-19(25)23-12-17(24)11-18(23)14-5-3-6-15(20)10-14/h2-7,10,17-18,24H,8-9,11-12H2,1H3,(H,21,25)/t17-,18+/m0/s1. The summed E-state index contributed by atoms with van der Waals surface area (Å²) < 4.78 is 13.5. The van der Waals surface area contributed by atoms with E-state index in [2.05, 4.69) is 10.3 Å². The van der Waals surface area contributed by atoms with Crippen LogP contribution in [0.1, 0.15) is 29.4 Å². The van der Waals surface area contributed by atoms with Crippen molar-refractivity contribution in [2.45, 2.75) is 31.9 Å². The number of hydrogen-bond donors (Lipinski definition) is 2. The molecule has 132 valence electrons. The summed E-state index contributed by atoms with van der Waals surface area (Å²) in [4.78, 5) is 18.5. The van der Waals surface area contributed by atoms with E-state index >= 15 is 0 Å². The minimum atomic E-state index is -0.600. The van der Waals surface area contributed by atoms with Gasteiger partial charge in [0, 0.05) is 30.9 Å². The van der Waals surface area contributed by atoms with E-state index in [1.807, 2.05) is 25.1 Å². The minimum Gasteiger partial charge on any atom is -0.391 e. The predicted octanol–water partition coefficient (Wildman–Crippen LogP) is 2.59. The van der Waals surface area contributed by atoms with E-state index in [9.17, 15) is 14.3 Å². The lowest BCUT2D eigenvalue weighted by atomic mass is 10.0. The van der Waals surface area contributed by atoms with Crippen LogP contribution in [0.4, 0.5) is 9.18 Å². The molecule has 2 amide bonds. The number of β-amino-alcohol motifs (C(OH)–C–C–N with tert-alkyl or cyclic N) is 1. The van der Waals surface area contributed by atoms with Crippen LogP contribution in [0, 0.1) is 12.7 Å². The van der Waals surface area contributed by atoms with Crippen LogP contribution in [0.2, 0.25) is 0 Å². The molecule has 5 nitrogen and oxygen atoms in total. The second-order valence-electron chi connectivity index (χ2n) is 6.36. The Morgan fingerprint density at radius 1 is 1.36 bits per heavy atom. The molecule has 2 atom stereocenters. The van der Waals surface area contributed by atoms with E-state index in [0.717, 1.165) is 11.4 Å². The van der Waals surface area contributed by atoms with Crippen LogP contribution in [-0.4, -0.2) is 40.2 Å². The van der Waals surface area contributed by atoms with E-state index in [1.54, 1.807) is 17.0 Å². The maximum Gasteiger partial charge on any atom is 0.318 e. The zero-order valence-electron chi connectivity index (χ0n) is 14.2. The van der Waals surface area contributed by atoms with Crippen LogP contribution in [0.15, 0.2) is 42.5 Å². The summed E-state index contributed by atoms with van der Waals surface area (Å²) in [5, 5.41) is 12.8. The highest BCUT2D eigenvalue weighted by atomic mass is 19.1. The number of carbonyl (C=O) groups is 1. The van der Waals surface area contributed by atoms with Gasteiger partial charge in [-0.05, 0) is 43.2 Å². The monoisotopic (exact) mass is 343 g/mol.